The molecule has 1 atom stereocenters. The maximum atomic E-state index is 13.1. The number of aromatic nitrogens is 1. The second-order valence-electron chi connectivity index (χ2n) is 7.78. The van der Waals surface area contributed by atoms with Crippen LogP contribution in [0.4, 0.5) is 0 Å². The number of benzene rings is 2. The normalized spacial score (nSPS) is 14.0. The first kappa shape index (κ1) is 21.5. The highest BCUT2D eigenvalue weighted by Gasteiger charge is 2.29. The molecule has 0 saturated heterocycles. The Bertz CT molecular complexity index is 1120. The summed E-state index contributed by atoms with van der Waals surface area (Å²) in [5, 5.41) is 6.55. The van der Waals surface area contributed by atoms with Crippen LogP contribution in [0.25, 0.3) is 10.9 Å². The van der Waals surface area contributed by atoms with Crippen molar-refractivity contribution < 1.29 is 23.8 Å². The molecule has 0 radical (unpaired) electrons. The van der Waals surface area contributed by atoms with Gasteiger partial charge in [-0.3, -0.25) is 9.59 Å². The highest BCUT2D eigenvalue weighted by molar-refractivity contribution is 6.03. The average Bonchev–Trinajstić information content (AvgIpc) is 3.51. The Morgan fingerprint density at radius 3 is 2.38 bits per heavy atom. The molecule has 4 rings (SSSR count). The van der Waals surface area contributed by atoms with Crippen LogP contribution in [-0.2, 0) is 11.2 Å². The van der Waals surface area contributed by atoms with Gasteiger partial charge in [-0.2, -0.15) is 0 Å². The monoisotopic (exact) mass is 437 g/mol. The van der Waals surface area contributed by atoms with Crippen LogP contribution in [0, 0.1) is 0 Å². The molecule has 3 aromatic rings. The number of nitrogens with one attached hydrogen (secondary N) is 3. The Balaban J connectivity index is 1.62. The minimum atomic E-state index is -0.699. The summed E-state index contributed by atoms with van der Waals surface area (Å²) in [6, 6.07) is 12.5. The Morgan fingerprint density at radius 2 is 1.75 bits per heavy atom. The minimum absolute atomic E-state index is 0.183. The SMILES string of the molecule is COc1cc(OC)c2cc(C(=O)NC(Cc3ccccc3)C(=O)NC3CC3)[nH]c2c1OC. The molecule has 0 spiro atoms. The zero-order valence-electron chi connectivity index (χ0n) is 18.4. The second-order valence-corrected chi connectivity index (χ2v) is 7.78. The Morgan fingerprint density at radius 1 is 1.03 bits per heavy atom. The van der Waals surface area contributed by atoms with E-state index in [1.54, 1.807) is 19.2 Å². The molecule has 0 bridgehead atoms. The van der Waals surface area contributed by atoms with Gasteiger partial charge in [0.25, 0.3) is 5.91 Å². The van der Waals surface area contributed by atoms with Crippen molar-refractivity contribution in [3.8, 4) is 17.2 Å². The number of ether oxygens (including phenoxy) is 3. The number of fused-ring (bicyclic) bond motifs is 1. The van der Waals surface area contributed by atoms with Gasteiger partial charge in [0.1, 0.15) is 17.5 Å². The van der Waals surface area contributed by atoms with Crippen LogP contribution in [0.1, 0.15) is 28.9 Å². The molecule has 8 nitrogen and oxygen atoms in total. The summed E-state index contributed by atoms with van der Waals surface area (Å²) in [7, 11) is 4.61. The van der Waals surface area contributed by atoms with Crippen molar-refractivity contribution in [2.24, 2.45) is 0 Å². The second kappa shape index (κ2) is 9.21. The molecule has 8 heteroatoms. The topological polar surface area (TPSA) is 102 Å². The van der Waals surface area contributed by atoms with E-state index < -0.39 is 11.9 Å². The molecule has 1 saturated carbocycles. The van der Waals surface area contributed by atoms with E-state index in [9.17, 15) is 9.59 Å². The van der Waals surface area contributed by atoms with Gasteiger partial charge in [0.2, 0.25) is 5.91 Å². The quantitative estimate of drug-likeness (QED) is 0.478. The van der Waals surface area contributed by atoms with Crippen molar-refractivity contribution in [3.05, 3.63) is 53.7 Å². The number of amides is 2. The minimum Gasteiger partial charge on any atom is -0.496 e. The number of hydrogen-bond acceptors (Lipinski definition) is 5. The van der Waals surface area contributed by atoms with Crippen molar-refractivity contribution in [3.63, 3.8) is 0 Å². The molecule has 2 aromatic carbocycles. The lowest BCUT2D eigenvalue weighted by atomic mass is 10.0. The van der Waals surface area contributed by atoms with Crippen LogP contribution < -0.4 is 24.8 Å². The fourth-order valence-electron chi connectivity index (χ4n) is 3.68. The van der Waals surface area contributed by atoms with Crippen LogP contribution in [0.5, 0.6) is 17.2 Å². The van der Waals surface area contributed by atoms with Crippen molar-refractivity contribution in [2.75, 3.05) is 21.3 Å². The number of carbonyl (C=O) groups excluding carboxylic acids is 2. The van der Waals surface area contributed by atoms with Gasteiger partial charge in [-0.25, -0.2) is 0 Å². The Hall–Kier alpha value is -3.68. The van der Waals surface area contributed by atoms with E-state index in [1.165, 1.54) is 14.2 Å². The number of carbonyl (C=O) groups is 2. The molecular formula is C24H27N3O5. The van der Waals surface area contributed by atoms with E-state index in [4.69, 9.17) is 14.2 Å². The third-order valence-electron chi connectivity index (χ3n) is 5.51. The lowest BCUT2D eigenvalue weighted by Gasteiger charge is -2.18. The largest absolute Gasteiger partial charge is 0.496 e. The predicted octanol–water partition coefficient (Wildman–Crippen LogP) is 2.81. The average molecular weight is 437 g/mol. The van der Waals surface area contributed by atoms with Crippen LogP contribution >= 0.6 is 0 Å². The van der Waals surface area contributed by atoms with Crippen molar-refractivity contribution in [1.82, 2.24) is 15.6 Å². The third kappa shape index (κ3) is 4.49. The van der Waals surface area contributed by atoms with Gasteiger partial charge in [-0.15, -0.1) is 0 Å². The van der Waals surface area contributed by atoms with Crippen LogP contribution in [0.3, 0.4) is 0 Å². The molecule has 1 aliphatic rings. The first-order valence-electron chi connectivity index (χ1n) is 10.5. The van der Waals surface area contributed by atoms with E-state index in [2.05, 4.69) is 15.6 Å². The van der Waals surface area contributed by atoms with Crippen molar-refractivity contribution in [1.29, 1.82) is 0 Å². The van der Waals surface area contributed by atoms with Crippen LogP contribution in [0.15, 0.2) is 42.5 Å². The predicted molar refractivity (Wildman–Crippen MR) is 121 cm³/mol. The van der Waals surface area contributed by atoms with Gasteiger partial charge < -0.3 is 29.8 Å². The van der Waals surface area contributed by atoms with Gasteiger partial charge >= 0.3 is 0 Å². The van der Waals surface area contributed by atoms with E-state index in [1.807, 2.05) is 30.3 Å². The molecule has 168 valence electrons. The lowest BCUT2D eigenvalue weighted by molar-refractivity contribution is -0.123. The van der Waals surface area contributed by atoms with Gasteiger partial charge in [-0.05, 0) is 24.5 Å². The smallest absolute Gasteiger partial charge is 0.268 e. The molecule has 0 aliphatic heterocycles. The summed E-state index contributed by atoms with van der Waals surface area (Å²) >= 11 is 0. The number of methoxy groups -OCH3 is 3. The Labute approximate surface area is 186 Å². The van der Waals surface area contributed by atoms with E-state index >= 15 is 0 Å². The third-order valence-corrected chi connectivity index (χ3v) is 5.51. The number of H-pyrrole nitrogens is 1. The molecule has 1 aliphatic carbocycles. The highest BCUT2D eigenvalue weighted by atomic mass is 16.5. The van der Waals surface area contributed by atoms with E-state index in [-0.39, 0.29) is 11.9 Å². The first-order chi connectivity index (χ1) is 15.5. The number of hydrogen-bond donors (Lipinski definition) is 3. The lowest BCUT2D eigenvalue weighted by Crippen LogP contribution is -2.48. The van der Waals surface area contributed by atoms with Crippen molar-refractivity contribution >= 4 is 22.7 Å². The maximum absolute atomic E-state index is 13.1. The van der Waals surface area contributed by atoms with Crippen molar-refractivity contribution in [2.45, 2.75) is 31.3 Å². The molecule has 1 fully saturated rings. The fraction of sp³-hybridized carbons (Fsp3) is 0.333. The summed E-state index contributed by atoms with van der Waals surface area (Å²) < 4.78 is 16.3. The first-order valence-corrected chi connectivity index (χ1v) is 10.5. The summed E-state index contributed by atoms with van der Waals surface area (Å²) in [6.07, 6.45) is 2.34. The molecule has 1 heterocycles. The van der Waals surface area contributed by atoms with Gasteiger partial charge in [-0.1, -0.05) is 30.3 Å². The summed E-state index contributed by atoms with van der Waals surface area (Å²) in [5.74, 6) is 0.917. The van der Waals surface area contributed by atoms with Crippen LogP contribution in [0.2, 0.25) is 0 Å². The number of rotatable bonds is 9. The molecule has 3 N–H and O–H groups in total. The standard InChI is InChI=1S/C24H27N3O5/c1-30-19-13-20(31-2)22(32-3)21-16(19)12-18(26-21)24(29)27-17(23(28)25-15-9-10-15)11-14-7-5-4-6-8-14/h4-8,12-13,15,17,26H,9-11H2,1-3H3,(H,25,28)(H,27,29). The molecule has 2 amide bonds. The van der Waals surface area contributed by atoms with Gasteiger partial charge in [0.15, 0.2) is 11.5 Å². The Kier molecular flexibility index (Phi) is 6.20. The zero-order chi connectivity index (χ0) is 22.7. The summed E-state index contributed by atoms with van der Waals surface area (Å²) in [5.41, 5.74) is 1.84. The highest BCUT2D eigenvalue weighted by Crippen LogP contribution is 2.41. The van der Waals surface area contributed by atoms with E-state index in [0.717, 1.165) is 18.4 Å². The summed E-state index contributed by atoms with van der Waals surface area (Å²) in [6.45, 7) is 0. The van der Waals surface area contributed by atoms with Crippen LogP contribution in [-0.4, -0.2) is 50.2 Å². The maximum Gasteiger partial charge on any atom is 0.268 e. The fourth-order valence-corrected chi connectivity index (χ4v) is 3.68. The summed E-state index contributed by atoms with van der Waals surface area (Å²) in [4.78, 5) is 29.1. The van der Waals surface area contributed by atoms with Gasteiger partial charge in [0, 0.05) is 23.9 Å². The molecule has 1 aromatic heterocycles. The molecule has 1 unspecified atom stereocenters. The van der Waals surface area contributed by atoms with Gasteiger partial charge in [0.05, 0.1) is 26.8 Å². The zero-order valence-corrected chi connectivity index (χ0v) is 18.4. The van der Waals surface area contributed by atoms with E-state index in [0.29, 0.717) is 40.3 Å². The molecular weight excluding hydrogens is 410 g/mol. The molecule has 32 heavy (non-hydrogen) atoms. The number of aromatic amines is 1.